The number of hydrogen-bond donors (Lipinski definition) is 0. The number of nitrogens with zero attached hydrogens (tertiary/aromatic N) is 3. The maximum absolute atomic E-state index is 12.5. The smallest absolute Gasteiger partial charge is 0.232 e. The minimum atomic E-state index is -0.118. The largest absolute Gasteiger partial charge is 0.339 e. The van der Waals surface area contributed by atoms with Crippen molar-refractivity contribution in [2.75, 3.05) is 11.4 Å². The van der Waals surface area contributed by atoms with E-state index in [2.05, 4.69) is 10.1 Å². The van der Waals surface area contributed by atoms with Crippen LogP contribution in [0.25, 0.3) is 11.4 Å². The molecule has 4 rings (SSSR count). The fraction of sp³-hybridized carbons (Fsp3) is 0.250. The molecule has 26 heavy (non-hydrogen) atoms. The average Bonchev–Trinajstić information content (AvgIpc) is 3.25. The lowest BCUT2D eigenvalue weighted by atomic mass is 10.1. The highest BCUT2D eigenvalue weighted by Crippen LogP contribution is 2.33. The van der Waals surface area contributed by atoms with Crippen molar-refractivity contribution in [3.8, 4) is 11.4 Å². The molecule has 0 spiro atoms. The number of rotatable bonds is 3. The summed E-state index contributed by atoms with van der Waals surface area (Å²) >= 11 is 6.20. The van der Waals surface area contributed by atoms with Gasteiger partial charge in [0.05, 0.1) is 5.92 Å². The molecule has 3 aromatic rings. The summed E-state index contributed by atoms with van der Waals surface area (Å²) in [6.07, 6.45) is 0.348. The molecule has 0 bridgehead atoms. The average molecular weight is 368 g/mol. The summed E-state index contributed by atoms with van der Waals surface area (Å²) in [5.74, 6) is 0.970. The number of carbonyl (C=O) groups excluding carboxylic acids is 1. The van der Waals surface area contributed by atoms with Crippen LogP contribution in [0.4, 0.5) is 5.69 Å². The number of carbonyl (C=O) groups is 1. The van der Waals surface area contributed by atoms with Crippen LogP contribution in [0.15, 0.2) is 47.0 Å². The second kappa shape index (κ2) is 6.57. The number of benzene rings is 2. The van der Waals surface area contributed by atoms with Gasteiger partial charge in [-0.15, -0.1) is 0 Å². The van der Waals surface area contributed by atoms with Crippen molar-refractivity contribution >= 4 is 23.2 Å². The van der Waals surface area contributed by atoms with Crippen LogP contribution in [0.1, 0.15) is 29.4 Å². The fourth-order valence-corrected chi connectivity index (χ4v) is 3.38. The zero-order chi connectivity index (χ0) is 18.3. The molecule has 1 aliphatic heterocycles. The third-order valence-electron chi connectivity index (χ3n) is 4.77. The number of aromatic nitrogens is 2. The summed E-state index contributed by atoms with van der Waals surface area (Å²) in [5, 5.41) is 4.75. The first-order chi connectivity index (χ1) is 12.5. The molecular weight excluding hydrogens is 350 g/mol. The Morgan fingerprint density at radius 2 is 1.96 bits per heavy atom. The van der Waals surface area contributed by atoms with Gasteiger partial charge < -0.3 is 9.42 Å². The maximum atomic E-state index is 12.5. The zero-order valence-electron chi connectivity index (χ0n) is 14.6. The van der Waals surface area contributed by atoms with Crippen LogP contribution in [-0.4, -0.2) is 22.6 Å². The number of amides is 1. The van der Waals surface area contributed by atoms with Crippen LogP contribution in [0.2, 0.25) is 5.02 Å². The minimum Gasteiger partial charge on any atom is -0.339 e. The van der Waals surface area contributed by atoms with Gasteiger partial charge in [0.2, 0.25) is 17.6 Å². The van der Waals surface area contributed by atoms with E-state index in [1.807, 2.05) is 56.3 Å². The van der Waals surface area contributed by atoms with Crippen molar-refractivity contribution < 1.29 is 9.32 Å². The topological polar surface area (TPSA) is 59.2 Å². The van der Waals surface area contributed by atoms with Crippen molar-refractivity contribution in [2.24, 2.45) is 0 Å². The Morgan fingerprint density at radius 1 is 1.15 bits per heavy atom. The second-order valence-corrected chi connectivity index (χ2v) is 7.02. The van der Waals surface area contributed by atoms with Crippen LogP contribution < -0.4 is 4.90 Å². The SMILES string of the molecule is Cc1ccc(N2C[C@@H](c3nc(-c4ccccc4C)no3)CC2=O)cc1Cl. The second-order valence-electron chi connectivity index (χ2n) is 6.61. The molecule has 0 radical (unpaired) electrons. The van der Waals surface area contributed by atoms with E-state index < -0.39 is 0 Å². The van der Waals surface area contributed by atoms with Crippen molar-refractivity contribution in [3.05, 3.63) is 64.5 Å². The van der Waals surface area contributed by atoms with Gasteiger partial charge >= 0.3 is 0 Å². The normalized spacial score (nSPS) is 17.1. The first-order valence-corrected chi connectivity index (χ1v) is 8.87. The highest BCUT2D eigenvalue weighted by Gasteiger charge is 2.35. The van der Waals surface area contributed by atoms with Crippen LogP contribution >= 0.6 is 11.6 Å². The van der Waals surface area contributed by atoms with Gasteiger partial charge in [0, 0.05) is 29.2 Å². The van der Waals surface area contributed by atoms with E-state index in [-0.39, 0.29) is 11.8 Å². The molecule has 1 saturated heterocycles. The Morgan fingerprint density at radius 3 is 2.73 bits per heavy atom. The molecule has 0 N–H and O–H groups in total. The Balaban J connectivity index is 1.58. The first kappa shape index (κ1) is 16.8. The quantitative estimate of drug-likeness (QED) is 0.682. The standard InChI is InChI=1S/C20H18ClN3O2/c1-12-5-3-4-6-16(12)19-22-20(26-23-19)14-9-18(25)24(11-14)15-8-7-13(2)17(21)10-15/h3-8,10,14H,9,11H2,1-2H3/t14-/m0/s1. The van der Waals surface area contributed by atoms with Crippen LogP contribution in [0, 0.1) is 13.8 Å². The molecule has 0 unspecified atom stereocenters. The Bertz CT molecular complexity index is 983. The summed E-state index contributed by atoms with van der Waals surface area (Å²) < 4.78 is 5.47. The van der Waals surface area contributed by atoms with E-state index in [1.165, 1.54) is 0 Å². The number of hydrogen-bond acceptors (Lipinski definition) is 4. The molecule has 6 heteroatoms. The third kappa shape index (κ3) is 2.99. The van der Waals surface area contributed by atoms with E-state index in [0.717, 1.165) is 22.4 Å². The molecule has 5 nitrogen and oxygen atoms in total. The minimum absolute atomic E-state index is 0.0329. The summed E-state index contributed by atoms with van der Waals surface area (Å²) in [6.45, 7) is 4.45. The molecule has 0 saturated carbocycles. The predicted octanol–water partition coefficient (Wildman–Crippen LogP) is 4.53. The zero-order valence-corrected chi connectivity index (χ0v) is 15.3. The van der Waals surface area contributed by atoms with Crippen LogP contribution in [-0.2, 0) is 4.79 Å². The van der Waals surface area contributed by atoms with Gasteiger partial charge in [-0.05, 0) is 37.1 Å². The van der Waals surface area contributed by atoms with Gasteiger partial charge in [0.15, 0.2) is 0 Å². The molecule has 0 aliphatic carbocycles. The molecular formula is C20H18ClN3O2. The molecule has 132 valence electrons. The summed E-state index contributed by atoms with van der Waals surface area (Å²) in [5.41, 5.74) is 3.80. The van der Waals surface area contributed by atoms with Gasteiger partial charge in [0.1, 0.15) is 0 Å². The van der Waals surface area contributed by atoms with Crippen molar-refractivity contribution in [2.45, 2.75) is 26.2 Å². The van der Waals surface area contributed by atoms with E-state index in [4.69, 9.17) is 16.1 Å². The van der Waals surface area contributed by atoms with Gasteiger partial charge in [-0.3, -0.25) is 4.79 Å². The van der Waals surface area contributed by atoms with E-state index in [0.29, 0.717) is 29.7 Å². The third-order valence-corrected chi connectivity index (χ3v) is 5.18. The number of anilines is 1. The van der Waals surface area contributed by atoms with Gasteiger partial charge in [0.25, 0.3) is 0 Å². The van der Waals surface area contributed by atoms with E-state index >= 15 is 0 Å². The lowest BCUT2D eigenvalue weighted by Gasteiger charge is -2.17. The van der Waals surface area contributed by atoms with Gasteiger partial charge in [-0.25, -0.2) is 0 Å². The Hall–Kier alpha value is -2.66. The molecule has 2 heterocycles. The van der Waals surface area contributed by atoms with E-state index in [1.54, 1.807) is 4.90 Å². The van der Waals surface area contributed by atoms with Crippen LogP contribution in [0.5, 0.6) is 0 Å². The Labute approximate surface area is 156 Å². The summed E-state index contributed by atoms with van der Waals surface area (Å²) in [6, 6.07) is 13.5. The van der Waals surface area contributed by atoms with Crippen molar-refractivity contribution in [1.29, 1.82) is 0 Å². The molecule has 1 aromatic heterocycles. The summed E-state index contributed by atoms with van der Waals surface area (Å²) in [4.78, 5) is 18.7. The number of aryl methyl sites for hydroxylation is 2. The van der Waals surface area contributed by atoms with Crippen LogP contribution in [0.3, 0.4) is 0 Å². The lowest BCUT2D eigenvalue weighted by molar-refractivity contribution is -0.117. The number of halogens is 1. The highest BCUT2D eigenvalue weighted by atomic mass is 35.5. The molecule has 1 aliphatic rings. The molecule has 1 fully saturated rings. The Kier molecular flexibility index (Phi) is 4.24. The highest BCUT2D eigenvalue weighted by molar-refractivity contribution is 6.31. The molecule has 1 atom stereocenters. The first-order valence-electron chi connectivity index (χ1n) is 8.49. The predicted molar refractivity (Wildman–Crippen MR) is 100 cm³/mol. The monoisotopic (exact) mass is 367 g/mol. The van der Waals surface area contributed by atoms with E-state index in [9.17, 15) is 4.79 Å². The van der Waals surface area contributed by atoms with Crippen molar-refractivity contribution in [1.82, 2.24) is 10.1 Å². The maximum Gasteiger partial charge on any atom is 0.232 e. The molecule has 2 aromatic carbocycles. The van der Waals surface area contributed by atoms with Gasteiger partial charge in [-0.2, -0.15) is 4.98 Å². The lowest BCUT2D eigenvalue weighted by Crippen LogP contribution is -2.24. The molecule has 1 amide bonds. The van der Waals surface area contributed by atoms with Crippen molar-refractivity contribution in [3.63, 3.8) is 0 Å². The van der Waals surface area contributed by atoms with Gasteiger partial charge in [-0.1, -0.05) is 47.1 Å². The summed E-state index contributed by atoms with van der Waals surface area (Å²) in [7, 11) is 0. The fourth-order valence-electron chi connectivity index (χ4n) is 3.21.